The van der Waals surface area contributed by atoms with Crippen LogP contribution in [0.3, 0.4) is 0 Å². The molecule has 2 N–H and O–H groups in total. The lowest BCUT2D eigenvalue weighted by atomic mass is 10.2. The van der Waals surface area contributed by atoms with E-state index in [1.807, 2.05) is 18.2 Å². The van der Waals surface area contributed by atoms with E-state index in [9.17, 15) is 5.11 Å². The Labute approximate surface area is 76.0 Å². The van der Waals surface area contributed by atoms with Crippen LogP contribution in [-0.4, -0.2) is 17.1 Å². The van der Waals surface area contributed by atoms with Crippen LogP contribution in [0.2, 0.25) is 0 Å². The quantitative estimate of drug-likeness (QED) is 0.685. The molecule has 2 nitrogen and oxygen atoms in total. The molecule has 1 aliphatic heterocycles. The van der Waals surface area contributed by atoms with Crippen LogP contribution in [0, 0.1) is 0 Å². The van der Waals surface area contributed by atoms with Gasteiger partial charge in [-0.05, 0) is 5.56 Å². The van der Waals surface area contributed by atoms with Crippen molar-refractivity contribution in [3.63, 3.8) is 0 Å². The SMILES string of the molecule is OC1CSC(c2ccccc2)N1. The minimum atomic E-state index is -0.347. The van der Waals surface area contributed by atoms with Gasteiger partial charge in [0.1, 0.15) is 6.23 Å². The van der Waals surface area contributed by atoms with E-state index in [0.29, 0.717) is 0 Å². The summed E-state index contributed by atoms with van der Waals surface area (Å²) in [5.74, 6) is 0.777. The van der Waals surface area contributed by atoms with Crippen molar-refractivity contribution >= 4 is 11.8 Å². The molecule has 1 heterocycles. The predicted molar refractivity (Wildman–Crippen MR) is 50.8 cm³/mol. The zero-order valence-electron chi connectivity index (χ0n) is 6.60. The molecule has 0 amide bonds. The molecule has 1 aromatic rings. The third-order valence-electron chi connectivity index (χ3n) is 1.87. The van der Waals surface area contributed by atoms with E-state index >= 15 is 0 Å². The Hall–Kier alpha value is -0.510. The van der Waals surface area contributed by atoms with Gasteiger partial charge in [-0.3, -0.25) is 5.32 Å². The van der Waals surface area contributed by atoms with Crippen LogP contribution in [-0.2, 0) is 0 Å². The number of nitrogens with one attached hydrogen (secondary N) is 1. The van der Waals surface area contributed by atoms with Gasteiger partial charge in [-0.15, -0.1) is 11.8 Å². The van der Waals surface area contributed by atoms with Crippen LogP contribution in [0.1, 0.15) is 10.9 Å². The number of aliphatic hydroxyl groups excluding tert-OH is 1. The molecule has 64 valence electrons. The van der Waals surface area contributed by atoms with Crippen molar-refractivity contribution in [2.75, 3.05) is 5.75 Å². The summed E-state index contributed by atoms with van der Waals surface area (Å²) >= 11 is 1.74. The lowest BCUT2D eigenvalue weighted by Gasteiger charge is -2.09. The number of hydrogen-bond donors (Lipinski definition) is 2. The van der Waals surface area contributed by atoms with Crippen molar-refractivity contribution in [2.45, 2.75) is 11.6 Å². The third-order valence-corrected chi connectivity index (χ3v) is 3.12. The summed E-state index contributed by atoms with van der Waals surface area (Å²) in [5.41, 5.74) is 1.24. The molecular weight excluding hydrogens is 170 g/mol. The van der Waals surface area contributed by atoms with Gasteiger partial charge in [0, 0.05) is 5.75 Å². The standard InChI is InChI=1S/C9H11NOS/c11-8-6-12-9(10-8)7-4-2-1-3-5-7/h1-5,8-11H,6H2. The fourth-order valence-corrected chi connectivity index (χ4v) is 2.35. The normalized spacial score (nSPS) is 29.1. The lowest BCUT2D eigenvalue weighted by molar-refractivity contribution is 0.167. The second-order valence-electron chi connectivity index (χ2n) is 2.81. The molecule has 0 radical (unpaired) electrons. The molecule has 0 aliphatic carbocycles. The average molecular weight is 181 g/mol. The van der Waals surface area contributed by atoms with Gasteiger partial charge in [0.25, 0.3) is 0 Å². The highest BCUT2D eigenvalue weighted by Gasteiger charge is 2.22. The van der Waals surface area contributed by atoms with Crippen molar-refractivity contribution in [1.29, 1.82) is 0 Å². The number of rotatable bonds is 1. The van der Waals surface area contributed by atoms with Crippen molar-refractivity contribution in [3.05, 3.63) is 35.9 Å². The van der Waals surface area contributed by atoms with Crippen LogP contribution in [0.4, 0.5) is 0 Å². The topological polar surface area (TPSA) is 32.3 Å². The summed E-state index contributed by atoms with van der Waals surface area (Å²) in [6.07, 6.45) is -0.347. The maximum absolute atomic E-state index is 9.23. The maximum Gasteiger partial charge on any atom is 0.115 e. The number of hydrogen-bond acceptors (Lipinski definition) is 3. The lowest BCUT2D eigenvalue weighted by Crippen LogP contribution is -2.24. The summed E-state index contributed by atoms with van der Waals surface area (Å²) in [5, 5.41) is 12.6. The van der Waals surface area contributed by atoms with Gasteiger partial charge in [-0.25, -0.2) is 0 Å². The summed E-state index contributed by atoms with van der Waals surface area (Å²) < 4.78 is 0. The van der Waals surface area contributed by atoms with E-state index in [1.54, 1.807) is 11.8 Å². The van der Waals surface area contributed by atoms with Gasteiger partial charge in [-0.2, -0.15) is 0 Å². The molecule has 0 aromatic heterocycles. The summed E-state index contributed by atoms with van der Waals surface area (Å²) in [6, 6.07) is 10.2. The van der Waals surface area contributed by atoms with Crippen LogP contribution in [0.25, 0.3) is 0 Å². The molecule has 12 heavy (non-hydrogen) atoms. The van der Waals surface area contributed by atoms with Gasteiger partial charge in [0.15, 0.2) is 0 Å². The summed E-state index contributed by atoms with van der Waals surface area (Å²) in [7, 11) is 0. The van der Waals surface area contributed by atoms with Crippen LogP contribution < -0.4 is 5.32 Å². The number of benzene rings is 1. The van der Waals surface area contributed by atoms with Gasteiger partial charge in [0.05, 0.1) is 5.37 Å². The fourth-order valence-electron chi connectivity index (χ4n) is 1.28. The first-order chi connectivity index (χ1) is 5.86. The second kappa shape index (κ2) is 3.47. The Morgan fingerprint density at radius 3 is 2.67 bits per heavy atom. The molecule has 1 aromatic carbocycles. The Morgan fingerprint density at radius 2 is 2.08 bits per heavy atom. The van der Waals surface area contributed by atoms with E-state index < -0.39 is 0 Å². The summed E-state index contributed by atoms with van der Waals surface area (Å²) in [6.45, 7) is 0. The Kier molecular flexibility index (Phi) is 2.35. The van der Waals surface area contributed by atoms with Gasteiger partial charge in [-0.1, -0.05) is 30.3 Å². The Morgan fingerprint density at radius 1 is 1.33 bits per heavy atom. The summed E-state index contributed by atoms with van der Waals surface area (Å²) in [4.78, 5) is 0. The molecule has 0 spiro atoms. The number of aliphatic hydroxyl groups is 1. The van der Waals surface area contributed by atoms with Crippen molar-refractivity contribution in [2.24, 2.45) is 0 Å². The van der Waals surface area contributed by atoms with Crippen molar-refractivity contribution < 1.29 is 5.11 Å². The smallest absolute Gasteiger partial charge is 0.115 e. The van der Waals surface area contributed by atoms with Gasteiger partial charge >= 0.3 is 0 Å². The highest BCUT2D eigenvalue weighted by atomic mass is 32.2. The number of thioether (sulfide) groups is 1. The Bertz CT molecular complexity index is 252. The molecule has 2 atom stereocenters. The van der Waals surface area contributed by atoms with E-state index in [4.69, 9.17) is 0 Å². The second-order valence-corrected chi connectivity index (χ2v) is 3.94. The minimum absolute atomic E-state index is 0.265. The fraction of sp³-hybridized carbons (Fsp3) is 0.333. The van der Waals surface area contributed by atoms with Crippen molar-refractivity contribution in [1.82, 2.24) is 5.32 Å². The Balaban J connectivity index is 2.11. The van der Waals surface area contributed by atoms with Crippen molar-refractivity contribution in [3.8, 4) is 0 Å². The average Bonchev–Trinajstić information content (AvgIpc) is 2.54. The molecule has 1 aliphatic rings. The molecule has 0 bridgehead atoms. The van der Waals surface area contributed by atoms with E-state index in [0.717, 1.165) is 5.75 Å². The zero-order chi connectivity index (χ0) is 8.39. The first-order valence-electron chi connectivity index (χ1n) is 3.97. The highest BCUT2D eigenvalue weighted by Crippen LogP contribution is 2.31. The molecule has 2 rings (SSSR count). The zero-order valence-corrected chi connectivity index (χ0v) is 7.42. The third kappa shape index (κ3) is 1.63. The predicted octanol–water partition coefficient (Wildman–Crippen LogP) is 1.34. The molecule has 0 saturated carbocycles. The van der Waals surface area contributed by atoms with Gasteiger partial charge in [0.2, 0.25) is 0 Å². The molecule has 3 heteroatoms. The highest BCUT2D eigenvalue weighted by molar-refractivity contribution is 7.99. The van der Waals surface area contributed by atoms with Crippen LogP contribution >= 0.6 is 11.8 Å². The first kappa shape index (κ1) is 8.10. The maximum atomic E-state index is 9.23. The minimum Gasteiger partial charge on any atom is -0.378 e. The van der Waals surface area contributed by atoms with Crippen LogP contribution in [0.5, 0.6) is 0 Å². The van der Waals surface area contributed by atoms with E-state index in [2.05, 4.69) is 17.4 Å². The molecule has 1 saturated heterocycles. The van der Waals surface area contributed by atoms with Crippen LogP contribution in [0.15, 0.2) is 30.3 Å². The monoisotopic (exact) mass is 181 g/mol. The molecule has 1 fully saturated rings. The van der Waals surface area contributed by atoms with E-state index in [1.165, 1.54) is 5.56 Å². The largest absolute Gasteiger partial charge is 0.378 e. The molecular formula is C9H11NOS. The van der Waals surface area contributed by atoms with Gasteiger partial charge < -0.3 is 5.11 Å². The van der Waals surface area contributed by atoms with E-state index in [-0.39, 0.29) is 11.6 Å². The first-order valence-corrected chi connectivity index (χ1v) is 5.02. The molecule has 2 unspecified atom stereocenters.